The standard InChI is InChI=1S/C21H22ClN3O7S/c1-2-31-20(27)10-19-24(12-18(26)23-11-14-4-3-7-32-14)21(28)17(33-19)9-13-5-6-15(22)16(8-13)25(29)30/h5-6,8-10,14H,2-4,7,11-12H2,1H3,(H,23,26)/b17-9-,19-10+/t14-/m1/s1. The molecule has 0 aliphatic carbocycles. The van der Waals surface area contributed by atoms with Crippen LogP contribution in [0.1, 0.15) is 25.3 Å². The van der Waals surface area contributed by atoms with Gasteiger partial charge in [-0.05, 0) is 37.5 Å². The van der Waals surface area contributed by atoms with Crippen molar-refractivity contribution in [2.75, 3.05) is 19.8 Å². The predicted molar refractivity (Wildman–Crippen MR) is 123 cm³/mol. The van der Waals surface area contributed by atoms with Crippen LogP contribution in [0.15, 0.2) is 23.0 Å². The Balaban J connectivity index is 1.96. The second-order valence-corrected chi connectivity index (χ2v) is 8.61. The Hall–Kier alpha value is -3.02. The van der Waals surface area contributed by atoms with Crippen LogP contribution in [0.25, 0.3) is 12.2 Å². The molecule has 33 heavy (non-hydrogen) atoms. The van der Waals surface area contributed by atoms with Crippen LogP contribution >= 0.6 is 22.9 Å². The van der Waals surface area contributed by atoms with Gasteiger partial charge in [0.2, 0.25) is 5.91 Å². The van der Waals surface area contributed by atoms with Crippen LogP contribution in [-0.2, 0) is 25.6 Å². The van der Waals surface area contributed by atoms with Crippen molar-refractivity contribution in [1.29, 1.82) is 0 Å². The highest BCUT2D eigenvalue weighted by molar-refractivity contribution is 7.07. The average molecular weight is 496 g/mol. The molecule has 1 saturated heterocycles. The summed E-state index contributed by atoms with van der Waals surface area (Å²) in [6.07, 6.45) is 4.32. The van der Waals surface area contributed by atoms with Crippen LogP contribution in [-0.4, -0.2) is 47.2 Å². The predicted octanol–water partition coefficient (Wildman–Crippen LogP) is 0.939. The van der Waals surface area contributed by atoms with Crippen LogP contribution < -0.4 is 20.1 Å². The Labute approximate surface area is 197 Å². The molecule has 1 aliphatic heterocycles. The molecule has 176 valence electrons. The molecule has 0 bridgehead atoms. The molecule has 0 radical (unpaired) electrons. The molecule has 1 atom stereocenters. The molecular weight excluding hydrogens is 474 g/mol. The smallest absolute Gasteiger partial charge is 0.333 e. The van der Waals surface area contributed by atoms with Crippen molar-refractivity contribution in [3.63, 3.8) is 0 Å². The summed E-state index contributed by atoms with van der Waals surface area (Å²) < 4.78 is 12.0. The minimum atomic E-state index is -0.652. The maximum atomic E-state index is 13.0. The van der Waals surface area contributed by atoms with Crippen molar-refractivity contribution in [3.8, 4) is 0 Å². The molecule has 2 aromatic rings. The van der Waals surface area contributed by atoms with Gasteiger partial charge in [0, 0.05) is 19.2 Å². The summed E-state index contributed by atoms with van der Waals surface area (Å²) in [7, 11) is 0. The number of ether oxygens (including phenoxy) is 2. The number of aromatic nitrogens is 1. The third-order valence-electron chi connectivity index (χ3n) is 4.78. The fraction of sp³-hybridized carbons (Fsp3) is 0.381. The second kappa shape index (κ2) is 11.2. The molecule has 10 nitrogen and oxygen atoms in total. The number of carbonyl (C=O) groups excluding carboxylic acids is 2. The fourth-order valence-electron chi connectivity index (χ4n) is 3.22. The Kier molecular flexibility index (Phi) is 8.37. The number of nitrogens with zero attached hydrogens (tertiary/aromatic N) is 2. The highest BCUT2D eigenvalue weighted by Crippen LogP contribution is 2.25. The molecular formula is C21H22ClN3O7S. The summed E-state index contributed by atoms with van der Waals surface area (Å²) in [4.78, 5) is 48.0. The third-order valence-corrected chi connectivity index (χ3v) is 6.16. The first-order valence-electron chi connectivity index (χ1n) is 10.2. The number of benzene rings is 1. The minimum Gasteiger partial charge on any atom is -0.463 e. The zero-order chi connectivity index (χ0) is 24.0. The fourth-order valence-corrected chi connectivity index (χ4v) is 4.44. The number of nitro benzene ring substituents is 1. The largest absolute Gasteiger partial charge is 0.463 e. The zero-order valence-electron chi connectivity index (χ0n) is 17.7. The Morgan fingerprint density at radius 1 is 1.45 bits per heavy atom. The SMILES string of the molecule is CCOC(=O)/C=c1/s/c(=C\c2ccc(Cl)c([N+](=O)[O-])c2)c(=O)n1CC(=O)NC[C@H]1CCCO1. The van der Waals surface area contributed by atoms with Crippen molar-refractivity contribution in [2.45, 2.75) is 32.4 Å². The summed E-state index contributed by atoms with van der Waals surface area (Å²) in [6.45, 7) is 2.49. The van der Waals surface area contributed by atoms with E-state index in [-0.39, 0.29) is 39.2 Å². The molecule has 0 saturated carbocycles. The monoisotopic (exact) mass is 495 g/mol. The van der Waals surface area contributed by atoms with Crippen LogP contribution in [0.4, 0.5) is 5.69 Å². The summed E-state index contributed by atoms with van der Waals surface area (Å²) >= 11 is 6.82. The number of hydrogen-bond acceptors (Lipinski definition) is 8. The highest BCUT2D eigenvalue weighted by atomic mass is 35.5. The van der Waals surface area contributed by atoms with Crippen LogP contribution in [0, 0.1) is 10.1 Å². The van der Waals surface area contributed by atoms with Crippen LogP contribution in [0.3, 0.4) is 0 Å². The third kappa shape index (κ3) is 6.50. The first-order chi connectivity index (χ1) is 15.8. The number of thiazole rings is 1. The molecule has 1 N–H and O–H groups in total. The number of rotatable bonds is 8. The van der Waals surface area contributed by atoms with Gasteiger partial charge in [-0.3, -0.25) is 24.3 Å². The highest BCUT2D eigenvalue weighted by Gasteiger charge is 2.17. The van der Waals surface area contributed by atoms with Crippen molar-refractivity contribution < 1.29 is 24.0 Å². The molecule has 2 heterocycles. The van der Waals surface area contributed by atoms with Gasteiger partial charge < -0.3 is 14.8 Å². The quantitative estimate of drug-likeness (QED) is 0.327. The first kappa shape index (κ1) is 24.6. The Morgan fingerprint density at radius 2 is 2.24 bits per heavy atom. The maximum absolute atomic E-state index is 13.0. The Morgan fingerprint density at radius 3 is 2.91 bits per heavy atom. The van der Waals surface area contributed by atoms with E-state index in [2.05, 4.69) is 5.32 Å². The maximum Gasteiger partial charge on any atom is 0.333 e. The lowest BCUT2D eigenvalue weighted by atomic mass is 10.2. The number of esters is 1. The van der Waals surface area contributed by atoms with Gasteiger partial charge in [-0.2, -0.15) is 0 Å². The molecule has 0 unspecified atom stereocenters. The normalized spacial score (nSPS) is 16.7. The summed E-state index contributed by atoms with van der Waals surface area (Å²) in [5.41, 5.74) is -0.434. The molecule has 1 aromatic carbocycles. The molecule has 1 aliphatic rings. The van der Waals surface area contributed by atoms with Gasteiger partial charge >= 0.3 is 5.97 Å². The van der Waals surface area contributed by atoms with Gasteiger partial charge in [-0.1, -0.05) is 17.7 Å². The lowest BCUT2D eigenvalue weighted by molar-refractivity contribution is -0.384. The van der Waals surface area contributed by atoms with Crippen molar-refractivity contribution in [1.82, 2.24) is 9.88 Å². The van der Waals surface area contributed by atoms with Gasteiger partial charge in [0.15, 0.2) is 0 Å². The van der Waals surface area contributed by atoms with E-state index in [1.165, 1.54) is 28.8 Å². The molecule has 1 aromatic heterocycles. The number of amides is 1. The lowest BCUT2D eigenvalue weighted by Gasteiger charge is -2.10. The lowest BCUT2D eigenvalue weighted by Crippen LogP contribution is -2.40. The first-order valence-corrected chi connectivity index (χ1v) is 11.4. The van der Waals surface area contributed by atoms with Crippen LogP contribution in [0.2, 0.25) is 5.02 Å². The summed E-state index contributed by atoms with van der Waals surface area (Å²) in [5, 5.41) is 13.9. The van der Waals surface area contributed by atoms with Crippen LogP contribution in [0.5, 0.6) is 0 Å². The molecule has 12 heteroatoms. The minimum absolute atomic E-state index is 0.0278. The Bertz CT molecular complexity index is 1230. The van der Waals surface area contributed by atoms with E-state index in [1.54, 1.807) is 6.92 Å². The number of halogens is 1. The summed E-state index contributed by atoms with van der Waals surface area (Å²) in [6, 6.07) is 4.14. The average Bonchev–Trinajstić information content (AvgIpc) is 3.38. The number of hydrogen-bond donors (Lipinski definition) is 1. The van der Waals surface area contributed by atoms with E-state index >= 15 is 0 Å². The number of nitrogens with one attached hydrogen (secondary N) is 1. The van der Waals surface area contributed by atoms with Gasteiger partial charge in [-0.25, -0.2) is 4.79 Å². The molecule has 0 spiro atoms. The molecule has 1 fully saturated rings. The van der Waals surface area contributed by atoms with Gasteiger partial charge in [0.05, 0.1) is 28.2 Å². The topological polar surface area (TPSA) is 130 Å². The van der Waals surface area contributed by atoms with Gasteiger partial charge in [-0.15, -0.1) is 11.3 Å². The van der Waals surface area contributed by atoms with Crippen molar-refractivity contribution >= 4 is 52.7 Å². The summed E-state index contributed by atoms with van der Waals surface area (Å²) in [5.74, 6) is -1.06. The zero-order valence-corrected chi connectivity index (χ0v) is 19.3. The van der Waals surface area contributed by atoms with Crippen molar-refractivity contribution in [3.05, 3.63) is 58.4 Å². The molecule has 1 amide bonds. The van der Waals surface area contributed by atoms with E-state index in [0.29, 0.717) is 18.7 Å². The van der Waals surface area contributed by atoms with E-state index in [0.717, 1.165) is 30.3 Å². The van der Waals surface area contributed by atoms with E-state index in [4.69, 9.17) is 21.1 Å². The number of carbonyl (C=O) groups is 2. The van der Waals surface area contributed by atoms with Crippen molar-refractivity contribution in [2.24, 2.45) is 0 Å². The van der Waals surface area contributed by atoms with E-state index in [9.17, 15) is 24.5 Å². The number of nitro groups is 1. The van der Waals surface area contributed by atoms with E-state index < -0.39 is 22.4 Å². The van der Waals surface area contributed by atoms with Gasteiger partial charge in [0.25, 0.3) is 11.2 Å². The van der Waals surface area contributed by atoms with E-state index in [1.807, 2.05) is 0 Å². The van der Waals surface area contributed by atoms with Gasteiger partial charge in [0.1, 0.15) is 16.2 Å². The molecule has 3 rings (SSSR count). The second-order valence-electron chi connectivity index (χ2n) is 7.14.